The Kier molecular flexibility index (Phi) is 5.26. The van der Waals surface area contributed by atoms with Crippen LogP contribution in [0.25, 0.3) is 21.7 Å². The molecule has 1 aromatic heterocycles. The molecule has 136 valence electrons. The van der Waals surface area contributed by atoms with Crippen LogP contribution >= 0.6 is 0 Å². The highest BCUT2D eigenvalue weighted by atomic mass is 16.5. The first-order valence-electron chi connectivity index (χ1n) is 8.80. The van der Waals surface area contributed by atoms with E-state index in [1.165, 1.54) is 0 Å². The standard InChI is InChI=1S/C21H23NO4/c1-13(2)11-22-21(24)14(3)26-19(23)10-16-12-25-18-9-8-15-6-4-5-7-17(15)20(16)18/h4-9,12-14H,10-11H2,1-3H3,(H,22,24)/t14-/m0/s1. The van der Waals surface area contributed by atoms with Crippen molar-refractivity contribution in [3.63, 3.8) is 0 Å². The smallest absolute Gasteiger partial charge is 0.311 e. The van der Waals surface area contributed by atoms with E-state index in [9.17, 15) is 9.59 Å². The van der Waals surface area contributed by atoms with Crippen molar-refractivity contribution < 1.29 is 18.7 Å². The third-order valence-corrected chi connectivity index (χ3v) is 4.24. The van der Waals surface area contributed by atoms with Crippen LogP contribution in [0.1, 0.15) is 26.3 Å². The van der Waals surface area contributed by atoms with E-state index >= 15 is 0 Å². The second-order valence-corrected chi connectivity index (χ2v) is 6.87. The Bertz CT molecular complexity index is 941. The average molecular weight is 353 g/mol. The van der Waals surface area contributed by atoms with Crippen LogP contribution in [0.15, 0.2) is 47.1 Å². The Morgan fingerprint density at radius 3 is 2.65 bits per heavy atom. The molecule has 26 heavy (non-hydrogen) atoms. The van der Waals surface area contributed by atoms with Crippen molar-refractivity contribution in [2.24, 2.45) is 5.92 Å². The number of nitrogens with one attached hydrogen (secondary N) is 1. The number of hydrogen-bond acceptors (Lipinski definition) is 4. The van der Waals surface area contributed by atoms with Gasteiger partial charge in [-0.3, -0.25) is 9.59 Å². The molecular formula is C21H23NO4. The van der Waals surface area contributed by atoms with Gasteiger partial charge >= 0.3 is 5.97 Å². The summed E-state index contributed by atoms with van der Waals surface area (Å²) in [6.07, 6.45) is 0.821. The largest absolute Gasteiger partial charge is 0.464 e. The van der Waals surface area contributed by atoms with E-state index in [0.717, 1.165) is 27.3 Å². The Morgan fingerprint density at radius 1 is 1.12 bits per heavy atom. The molecular weight excluding hydrogens is 330 g/mol. The molecule has 0 aliphatic rings. The number of furan rings is 1. The Labute approximate surface area is 152 Å². The molecule has 1 heterocycles. The first kappa shape index (κ1) is 18.0. The fourth-order valence-corrected chi connectivity index (χ4v) is 2.90. The fraction of sp³-hybridized carbons (Fsp3) is 0.333. The SMILES string of the molecule is CC(C)CNC(=O)[C@H](C)OC(=O)Cc1coc2ccc3ccccc3c12. The fourth-order valence-electron chi connectivity index (χ4n) is 2.90. The van der Waals surface area contributed by atoms with Crippen LogP contribution in [-0.2, 0) is 20.7 Å². The lowest BCUT2D eigenvalue weighted by Gasteiger charge is -2.14. The van der Waals surface area contributed by atoms with Crippen LogP contribution in [-0.4, -0.2) is 24.5 Å². The van der Waals surface area contributed by atoms with Crippen LogP contribution in [0.4, 0.5) is 0 Å². The van der Waals surface area contributed by atoms with Crippen LogP contribution in [0.2, 0.25) is 0 Å². The molecule has 3 aromatic rings. The number of carbonyl (C=O) groups is 2. The number of hydrogen-bond donors (Lipinski definition) is 1. The van der Waals surface area contributed by atoms with Gasteiger partial charge in [-0.1, -0.05) is 44.2 Å². The first-order valence-corrected chi connectivity index (χ1v) is 8.80. The van der Waals surface area contributed by atoms with Gasteiger partial charge in [-0.15, -0.1) is 0 Å². The highest BCUT2D eigenvalue weighted by Gasteiger charge is 2.20. The highest BCUT2D eigenvalue weighted by molar-refractivity contribution is 6.08. The lowest BCUT2D eigenvalue weighted by Crippen LogP contribution is -2.37. The second kappa shape index (κ2) is 7.60. The normalized spacial score (nSPS) is 12.5. The zero-order valence-electron chi connectivity index (χ0n) is 15.2. The predicted octanol–water partition coefficient (Wildman–Crippen LogP) is 3.83. The summed E-state index contributed by atoms with van der Waals surface area (Å²) in [6.45, 7) is 6.14. The third kappa shape index (κ3) is 3.87. The molecule has 0 unspecified atom stereocenters. The quantitative estimate of drug-likeness (QED) is 0.684. The van der Waals surface area contributed by atoms with Crippen LogP contribution in [0.5, 0.6) is 0 Å². The predicted molar refractivity (Wildman–Crippen MR) is 101 cm³/mol. The van der Waals surface area contributed by atoms with E-state index < -0.39 is 12.1 Å². The van der Waals surface area contributed by atoms with Gasteiger partial charge in [-0.05, 0) is 29.7 Å². The number of carbonyl (C=O) groups excluding carboxylic acids is 2. The van der Waals surface area contributed by atoms with Gasteiger partial charge in [-0.25, -0.2) is 0 Å². The lowest BCUT2D eigenvalue weighted by molar-refractivity contribution is -0.154. The number of amides is 1. The molecule has 0 aliphatic carbocycles. The molecule has 0 radical (unpaired) electrons. The maximum Gasteiger partial charge on any atom is 0.311 e. The summed E-state index contributed by atoms with van der Waals surface area (Å²) in [4.78, 5) is 24.3. The van der Waals surface area contributed by atoms with Gasteiger partial charge in [0.05, 0.1) is 12.7 Å². The maximum atomic E-state index is 12.3. The van der Waals surface area contributed by atoms with E-state index in [0.29, 0.717) is 12.5 Å². The molecule has 0 fully saturated rings. The van der Waals surface area contributed by atoms with E-state index in [1.54, 1.807) is 13.2 Å². The zero-order valence-corrected chi connectivity index (χ0v) is 15.2. The minimum absolute atomic E-state index is 0.0583. The van der Waals surface area contributed by atoms with E-state index in [1.807, 2.05) is 50.2 Å². The lowest BCUT2D eigenvalue weighted by atomic mass is 10.0. The molecule has 3 rings (SSSR count). The molecule has 0 aliphatic heterocycles. The average Bonchev–Trinajstić information content (AvgIpc) is 3.02. The van der Waals surface area contributed by atoms with Crippen LogP contribution < -0.4 is 5.32 Å². The molecule has 1 N–H and O–H groups in total. The number of benzene rings is 2. The zero-order chi connectivity index (χ0) is 18.7. The summed E-state index contributed by atoms with van der Waals surface area (Å²) >= 11 is 0. The topological polar surface area (TPSA) is 68.5 Å². The summed E-state index contributed by atoms with van der Waals surface area (Å²) in [6, 6.07) is 11.8. The molecule has 0 saturated heterocycles. The van der Waals surface area contributed by atoms with Crippen molar-refractivity contribution in [2.45, 2.75) is 33.3 Å². The Balaban J connectivity index is 1.74. The summed E-state index contributed by atoms with van der Waals surface area (Å²) in [5.41, 5.74) is 1.49. The van der Waals surface area contributed by atoms with Crippen molar-refractivity contribution >= 4 is 33.6 Å². The molecule has 5 heteroatoms. The summed E-state index contributed by atoms with van der Waals surface area (Å²) < 4.78 is 10.9. The minimum Gasteiger partial charge on any atom is -0.464 e. The van der Waals surface area contributed by atoms with Gasteiger partial charge in [0.1, 0.15) is 5.58 Å². The molecule has 0 saturated carbocycles. The van der Waals surface area contributed by atoms with E-state index in [2.05, 4.69) is 5.32 Å². The van der Waals surface area contributed by atoms with Gasteiger partial charge in [0.25, 0.3) is 5.91 Å². The van der Waals surface area contributed by atoms with Gasteiger partial charge in [0.15, 0.2) is 6.10 Å². The minimum atomic E-state index is -0.823. The monoisotopic (exact) mass is 353 g/mol. The van der Waals surface area contributed by atoms with Gasteiger partial charge < -0.3 is 14.5 Å². The summed E-state index contributed by atoms with van der Waals surface area (Å²) in [5, 5.41) is 5.79. The number of ether oxygens (including phenoxy) is 1. The molecule has 1 amide bonds. The van der Waals surface area contributed by atoms with E-state index in [-0.39, 0.29) is 12.3 Å². The Hall–Kier alpha value is -2.82. The molecule has 1 atom stereocenters. The summed E-state index contributed by atoms with van der Waals surface area (Å²) in [7, 11) is 0. The molecule has 0 spiro atoms. The van der Waals surface area contributed by atoms with Crippen LogP contribution in [0, 0.1) is 5.92 Å². The van der Waals surface area contributed by atoms with Crippen molar-refractivity contribution in [1.82, 2.24) is 5.32 Å². The van der Waals surface area contributed by atoms with Crippen molar-refractivity contribution in [3.8, 4) is 0 Å². The first-order chi connectivity index (χ1) is 12.5. The van der Waals surface area contributed by atoms with Crippen molar-refractivity contribution in [3.05, 3.63) is 48.2 Å². The second-order valence-electron chi connectivity index (χ2n) is 6.87. The van der Waals surface area contributed by atoms with Crippen molar-refractivity contribution in [1.29, 1.82) is 0 Å². The number of esters is 1. The highest BCUT2D eigenvalue weighted by Crippen LogP contribution is 2.30. The molecule has 0 bridgehead atoms. The van der Waals surface area contributed by atoms with E-state index in [4.69, 9.17) is 9.15 Å². The maximum absolute atomic E-state index is 12.3. The molecule has 5 nitrogen and oxygen atoms in total. The van der Waals surface area contributed by atoms with Gasteiger partial charge in [0, 0.05) is 17.5 Å². The summed E-state index contributed by atoms with van der Waals surface area (Å²) in [5.74, 6) is -0.394. The third-order valence-electron chi connectivity index (χ3n) is 4.24. The Morgan fingerprint density at radius 2 is 1.88 bits per heavy atom. The van der Waals surface area contributed by atoms with Crippen molar-refractivity contribution in [2.75, 3.05) is 6.54 Å². The molecule has 2 aromatic carbocycles. The van der Waals surface area contributed by atoms with Crippen LogP contribution in [0.3, 0.4) is 0 Å². The van der Waals surface area contributed by atoms with Gasteiger partial charge in [0.2, 0.25) is 0 Å². The van der Waals surface area contributed by atoms with Gasteiger partial charge in [-0.2, -0.15) is 0 Å². The number of rotatable bonds is 6. The number of fused-ring (bicyclic) bond motifs is 3.